The van der Waals surface area contributed by atoms with Crippen LogP contribution < -0.4 is 10.6 Å². The fourth-order valence-corrected chi connectivity index (χ4v) is 1.48. The lowest BCUT2D eigenvalue weighted by atomic mass is 10.2. The molecule has 1 aliphatic rings. The van der Waals surface area contributed by atoms with Gasteiger partial charge in [0.25, 0.3) is 0 Å². The third-order valence-electron chi connectivity index (χ3n) is 2.04. The highest BCUT2D eigenvalue weighted by Crippen LogP contribution is 2.09. The maximum Gasteiger partial charge on any atom is 0.0978 e. The van der Waals surface area contributed by atoms with Crippen LogP contribution in [0.3, 0.4) is 0 Å². The zero-order valence-electron chi connectivity index (χ0n) is 7.46. The molecule has 1 aliphatic heterocycles. The molecule has 1 rings (SSSR count). The van der Waals surface area contributed by atoms with Gasteiger partial charge >= 0.3 is 0 Å². The van der Waals surface area contributed by atoms with Crippen LogP contribution in [0.5, 0.6) is 0 Å². The molecule has 2 unspecified atom stereocenters. The van der Waals surface area contributed by atoms with E-state index < -0.39 is 0 Å². The average Bonchev–Trinajstić information content (AvgIpc) is 2.33. The van der Waals surface area contributed by atoms with E-state index in [0.717, 1.165) is 6.54 Å². The summed E-state index contributed by atoms with van der Waals surface area (Å²) < 4.78 is 0. The maximum atomic E-state index is 3.38. The van der Waals surface area contributed by atoms with Crippen LogP contribution in [0.1, 0.15) is 6.92 Å². The molecule has 0 aromatic carbocycles. The minimum atomic E-state index is 0.412. The fraction of sp³-hybridized carbons (Fsp3) is 0.750. The number of rotatable bonds is 3. The Morgan fingerprint density at radius 1 is 1.55 bits per heavy atom. The predicted molar refractivity (Wildman–Crippen MR) is 47.2 cm³/mol. The minimum absolute atomic E-state index is 0.412. The van der Waals surface area contributed by atoms with Crippen LogP contribution in [-0.4, -0.2) is 37.7 Å². The Bertz CT molecular complexity index is 144. The average molecular weight is 155 g/mol. The SMILES string of the molecule is CCNC1C=CN(C)C1NC. The summed E-state index contributed by atoms with van der Waals surface area (Å²) in [4.78, 5) is 2.17. The van der Waals surface area contributed by atoms with Crippen molar-refractivity contribution in [2.24, 2.45) is 0 Å². The molecule has 0 radical (unpaired) electrons. The third kappa shape index (κ3) is 1.73. The molecule has 3 heteroatoms. The summed E-state index contributed by atoms with van der Waals surface area (Å²) >= 11 is 0. The number of nitrogens with zero attached hydrogens (tertiary/aromatic N) is 1. The van der Waals surface area contributed by atoms with Crippen molar-refractivity contribution in [1.82, 2.24) is 15.5 Å². The Morgan fingerprint density at radius 2 is 2.27 bits per heavy atom. The van der Waals surface area contributed by atoms with Crippen molar-refractivity contribution < 1.29 is 0 Å². The molecule has 3 nitrogen and oxygen atoms in total. The molecule has 0 aliphatic carbocycles. The molecule has 11 heavy (non-hydrogen) atoms. The first kappa shape index (κ1) is 8.56. The predicted octanol–water partition coefficient (Wildman–Crippen LogP) is -0.0309. The van der Waals surface area contributed by atoms with Gasteiger partial charge in [-0.2, -0.15) is 0 Å². The monoisotopic (exact) mass is 155 g/mol. The van der Waals surface area contributed by atoms with E-state index in [1.54, 1.807) is 0 Å². The van der Waals surface area contributed by atoms with Crippen molar-refractivity contribution >= 4 is 0 Å². The minimum Gasteiger partial charge on any atom is -0.364 e. The van der Waals surface area contributed by atoms with Crippen molar-refractivity contribution in [2.75, 3.05) is 20.6 Å². The summed E-state index contributed by atoms with van der Waals surface area (Å²) in [5.41, 5.74) is 0. The van der Waals surface area contributed by atoms with Crippen LogP contribution in [0.25, 0.3) is 0 Å². The first-order valence-electron chi connectivity index (χ1n) is 4.10. The molecule has 64 valence electrons. The largest absolute Gasteiger partial charge is 0.364 e. The van der Waals surface area contributed by atoms with E-state index in [-0.39, 0.29) is 0 Å². The summed E-state index contributed by atoms with van der Waals surface area (Å²) in [5.74, 6) is 0. The van der Waals surface area contributed by atoms with Crippen LogP contribution >= 0.6 is 0 Å². The van der Waals surface area contributed by atoms with E-state index in [4.69, 9.17) is 0 Å². The molecule has 1 heterocycles. The van der Waals surface area contributed by atoms with Crippen molar-refractivity contribution in [3.63, 3.8) is 0 Å². The Labute approximate surface area is 68.5 Å². The molecule has 0 saturated heterocycles. The molecular formula is C8H17N3. The Kier molecular flexibility index (Phi) is 2.91. The molecule has 0 bridgehead atoms. The number of likely N-dealkylation sites (N-methyl/N-ethyl adjacent to an activating group) is 3. The van der Waals surface area contributed by atoms with Gasteiger partial charge in [0.15, 0.2) is 0 Å². The Balaban J connectivity index is 2.46. The molecule has 2 N–H and O–H groups in total. The normalized spacial score (nSPS) is 29.9. The van der Waals surface area contributed by atoms with Gasteiger partial charge in [-0.3, -0.25) is 5.32 Å². The van der Waals surface area contributed by atoms with Gasteiger partial charge in [0.2, 0.25) is 0 Å². The second kappa shape index (κ2) is 3.74. The van der Waals surface area contributed by atoms with Gasteiger partial charge in [-0.25, -0.2) is 0 Å². The molecule has 0 spiro atoms. The van der Waals surface area contributed by atoms with E-state index in [2.05, 4.69) is 41.8 Å². The lowest BCUT2D eigenvalue weighted by molar-refractivity contribution is 0.276. The second-order valence-corrected chi connectivity index (χ2v) is 2.82. The van der Waals surface area contributed by atoms with Crippen molar-refractivity contribution in [3.8, 4) is 0 Å². The van der Waals surface area contributed by atoms with Crippen LogP contribution in [0.4, 0.5) is 0 Å². The third-order valence-corrected chi connectivity index (χ3v) is 2.04. The fourth-order valence-electron chi connectivity index (χ4n) is 1.48. The van der Waals surface area contributed by atoms with E-state index >= 15 is 0 Å². The standard InChI is InChI=1S/C8H17N3/c1-4-10-7-5-6-11(3)8(7)9-2/h5-10H,4H2,1-3H3. The lowest BCUT2D eigenvalue weighted by Gasteiger charge is -2.26. The van der Waals surface area contributed by atoms with Crippen LogP contribution in [-0.2, 0) is 0 Å². The van der Waals surface area contributed by atoms with Crippen molar-refractivity contribution in [2.45, 2.75) is 19.1 Å². The van der Waals surface area contributed by atoms with E-state index in [9.17, 15) is 0 Å². The highest BCUT2D eigenvalue weighted by molar-refractivity contribution is 5.06. The Hall–Kier alpha value is -0.540. The number of hydrogen-bond acceptors (Lipinski definition) is 3. The summed E-state index contributed by atoms with van der Waals surface area (Å²) in [6.45, 7) is 3.14. The van der Waals surface area contributed by atoms with Crippen molar-refractivity contribution in [1.29, 1.82) is 0 Å². The number of nitrogens with one attached hydrogen (secondary N) is 2. The summed E-state index contributed by atoms with van der Waals surface area (Å²) in [6.07, 6.45) is 4.70. The first-order valence-corrected chi connectivity index (χ1v) is 4.10. The summed E-state index contributed by atoms with van der Waals surface area (Å²) in [5, 5.41) is 6.63. The second-order valence-electron chi connectivity index (χ2n) is 2.82. The van der Waals surface area contributed by atoms with E-state index in [1.807, 2.05) is 7.05 Å². The summed E-state index contributed by atoms with van der Waals surface area (Å²) in [7, 11) is 4.06. The Morgan fingerprint density at radius 3 is 2.82 bits per heavy atom. The van der Waals surface area contributed by atoms with Gasteiger partial charge in [0.05, 0.1) is 12.2 Å². The maximum absolute atomic E-state index is 3.38. The first-order chi connectivity index (χ1) is 5.29. The van der Waals surface area contributed by atoms with Gasteiger partial charge in [-0.15, -0.1) is 0 Å². The molecule has 0 aromatic heterocycles. The molecule has 2 atom stereocenters. The van der Waals surface area contributed by atoms with Gasteiger partial charge in [0, 0.05) is 7.05 Å². The molecule has 0 amide bonds. The smallest absolute Gasteiger partial charge is 0.0978 e. The highest BCUT2D eigenvalue weighted by atomic mass is 15.3. The van der Waals surface area contributed by atoms with Gasteiger partial charge in [-0.05, 0) is 25.9 Å². The molecule has 0 aromatic rings. The molecule has 0 fully saturated rings. The molecular weight excluding hydrogens is 138 g/mol. The quantitative estimate of drug-likeness (QED) is 0.599. The van der Waals surface area contributed by atoms with Crippen LogP contribution in [0.2, 0.25) is 0 Å². The van der Waals surface area contributed by atoms with Crippen LogP contribution in [0, 0.1) is 0 Å². The highest BCUT2D eigenvalue weighted by Gasteiger charge is 2.23. The topological polar surface area (TPSA) is 27.3 Å². The van der Waals surface area contributed by atoms with Gasteiger partial charge in [0.1, 0.15) is 0 Å². The summed E-state index contributed by atoms with van der Waals surface area (Å²) in [6, 6.07) is 0.454. The lowest BCUT2D eigenvalue weighted by Crippen LogP contribution is -2.49. The zero-order valence-corrected chi connectivity index (χ0v) is 7.46. The van der Waals surface area contributed by atoms with Gasteiger partial charge in [-0.1, -0.05) is 6.92 Å². The molecule has 0 saturated carbocycles. The van der Waals surface area contributed by atoms with E-state index in [0.29, 0.717) is 12.2 Å². The van der Waals surface area contributed by atoms with Crippen molar-refractivity contribution in [3.05, 3.63) is 12.3 Å². The van der Waals surface area contributed by atoms with E-state index in [1.165, 1.54) is 0 Å². The number of hydrogen-bond donors (Lipinski definition) is 2. The van der Waals surface area contributed by atoms with Gasteiger partial charge < -0.3 is 10.2 Å². The zero-order chi connectivity index (χ0) is 8.27. The van der Waals surface area contributed by atoms with Crippen LogP contribution in [0.15, 0.2) is 12.3 Å².